The molecule has 146 valence electrons. The van der Waals surface area contributed by atoms with Crippen LogP contribution in [0.25, 0.3) is 16.8 Å². The van der Waals surface area contributed by atoms with Crippen molar-refractivity contribution in [2.45, 2.75) is 20.3 Å². The Morgan fingerprint density at radius 2 is 1.86 bits per heavy atom. The molecule has 6 nitrogen and oxygen atoms in total. The molecule has 4 aromatic rings. The van der Waals surface area contributed by atoms with E-state index >= 15 is 0 Å². The van der Waals surface area contributed by atoms with Crippen LogP contribution in [-0.2, 0) is 11.2 Å². The molecule has 2 aromatic heterocycles. The summed E-state index contributed by atoms with van der Waals surface area (Å²) in [5.41, 5.74) is 5.10. The Balaban J connectivity index is 1.63. The van der Waals surface area contributed by atoms with E-state index in [1.165, 1.54) is 0 Å². The molecule has 4 rings (SSSR count). The van der Waals surface area contributed by atoms with Gasteiger partial charge in [0.05, 0.1) is 18.4 Å². The fourth-order valence-electron chi connectivity index (χ4n) is 3.24. The molecule has 0 unspecified atom stereocenters. The van der Waals surface area contributed by atoms with Crippen LogP contribution in [0.15, 0.2) is 66.9 Å². The molecule has 0 fully saturated rings. The van der Waals surface area contributed by atoms with Gasteiger partial charge in [0.25, 0.3) is 0 Å². The first kappa shape index (κ1) is 18.7. The Bertz CT molecular complexity index is 1150. The van der Waals surface area contributed by atoms with Gasteiger partial charge >= 0.3 is 5.97 Å². The van der Waals surface area contributed by atoms with Gasteiger partial charge in [-0.05, 0) is 42.7 Å². The quantitative estimate of drug-likeness (QED) is 0.478. The van der Waals surface area contributed by atoms with Crippen molar-refractivity contribution in [3.63, 3.8) is 0 Å². The van der Waals surface area contributed by atoms with Crippen molar-refractivity contribution in [3.05, 3.63) is 78.1 Å². The standard InChI is InChI=1S/C23H22N4O2/c1-3-17-15-22(27-21(25-17)13-14-24-27)26-18-11-9-16(10-12-18)19-7-5-6-8-20(19)23(28)29-4-2/h5-15,26H,3-4H2,1-2H3. The highest BCUT2D eigenvalue weighted by molar-refractivity contribution is 5.97. The number of benzene rings is 2. The Morgan fingerprint density at radius 1 is 1.07 bits per heavy atom. The number of fused-ring (bicyclic) bond motifs is 1. The molecule has 0 spiro atoms. The van der Waals surface area contributed by atoms with Crippen LogP contribution in [0.2, 0.25) is 0 Å². The molecule has 6 heteroatoms. The van der Waals surface area contributed by atoms with Crippen molar-refractivity contribution in [2.24, 2.45) is 0 Å². The van der Waals surface area contributed by atoms with Gasteiger partial charge in [0.2, 0.25) is 0 Å². The molecule has 0 saturated carbocycles. The molecule has 0 radical (unpaired) electrons. The normalized spacial score (nSPS) is 10.8. The number of carbonyl (C=O) groups excluding carboxylic acids is 1. The van der Waals surface area contributed by atoms with Gasteiger partial charge in [-0.15, -0.1) is 0 Å². The number of carbonyl (C=O) groups is 1. The molecule has 0 bridgehead atoms. The Hall–Kier alpha value is -3.67. The van der Waals surface area contributed by atoms with Crippen molar-refractivity contribution in [1.29, 1.82) is 0 Å². The third kappa shape index (κ3) is 3.82. The van der Waals surface area contributed by atoms with E-state index in [2.05, 4.69) is 22.3 Å². The van der Waals surface area contributed by atoms with Gasteiger partial charge in [0.15, 0.2) is 5.65 Å². The topological polar surface area (TPSA) is 68.5 Å². The summed E-state index contributed by atoms with van der Waals surface area (Å²) in [4.78, 5) is 16.8. The van der Waals surface area contributed by atoms with E-state index in [0.29, 0.717) is 12.2 Å². The number of rotatable bonds is 6. The van der Waals surface area contributed by atoms with Crippen LogP contribution in [0, 0.1) is 0 Å². The lowest BCUT2D eigenvalue weighted by atomic mass is 9.99. The lowest BCUT2D eigenvalue weighted by Gasteiger charge is -2.12. The molecular formula is C23H22N4O2. The first-order valence-corrected chi connectivity index (χ1v) is 9.67. The molecule has 0 aliphatic carbocycles. The van der Waals surface area contributed by atoms with Crippen LogP contribution in [0.1, 0.15) is 29.9 Å². The van der Waals surface area contributed by atoms with Crippen molar-refractivity contribution >= 4 is 23.1 Å². The third-order valence-corrected chi connectivity index (χ3v) is 4.67. The average Bonchev–Trinajstić information content (AvgIpc) is 3.23. The first-order chi connectivity index (χ1) is 14.2. The molecule has 0 aliphatic heterocycles. The summed E-state index contributed by atoms with van der Waals surface area (Å²) >= 11 is 0. The Labute approximate surface area is 169 Å². The van der Waals surface area contributed by atoms with Crippen LogP contribution >= 0.6 is 0 Å². The number of esters is 1. The number of nitrogens with one attached hydrogen (secondary N) is 1. The maximum atomic E-state index is 12.3. The first-order valence-electron chi connectivity index (χ1n) is 9.67. The number of aromatic nitrogens is 3. The fourth-order valence-corrected chi connectivity index (χ4v) is 3.24. The SMILES string of the molecule is CCOC(=O)c1ccccc1-c1ccc(Nc2cc(CC)nc3ccnn23)cc1. The van der Waals surface area contributed by atoms with E-state index in [9.17, 15) is 4.79 Å². The van der Waals surface area contributed by atoms with Gasteiger partial charge < -0.3 is 10.1 Å². The van der Waals surface area contributed by atoms with E-state index in [4.69, 9.17) is 4.74 Å². The summed E-state index contributed by atoms with van der Waals surface area (Å²) in [6.07, 6.45) is 2.59. The van der Waals surface area contributed by atoms with Crippen molar-refractivity contribution < 1.29 is 9.53 Å². The van der Waals surface area contributed by atoms with Gasteiger partial charge in [0.1, 0.15) is 5.82 Å². The minimum atomic E-state index is -0.310. The Morgan fingerprint density at radius 3 is 2.62 bits per heavy atom. The highest BCUT2D eigenvalue weighted by Gasteiger charge is 2.13. The number of hydrogen-bond donors (Lipinski definition) is 1. The summed E-state index contributed by atoms with van der Waals surface area (Å²) < 4.78 is 6.96. The third-order valence-electron chi connectivity index (χ3n) is 4.67. The molecular weight excluding hydrogens is 364 g/mol. The van der Waals surface area contributed by atoms with Crippen LogP contribution in [0.5, 0.6) is 0 Å². The summed E-state index contributed by atoms with van der Waals surface area (Å²) in [5, 5.41) is 7.76. The second-order valence-electron chi connectivity index (χ2n) is 6.56. The average molecular weight is 386 g/mol. The van der Waals surface area contributed by atoms with E-state index in [1.54, 1.807) is 23.7 Å². The molecule has 2 heterocycles. The van der Waals surface area contributed by atoms with E-state index in [-0.39, 0.29) is 5.97 Å². The molecule has 1 N–H and O–H groups in total. The van der Waals surface area contributed by atoms with Crippen molar-refractivity contribution in [2.75, 3.05) is 11.9 Å². The number of anilines is 2. The summed E-state index contributed by atoms with van der Waals surface area (Å²) in [6, 6.07) is 19.3. The Kier molecular flexibility index (Phi) is 5.24. The van der Waals surface area contributed by atoms with E-state index in [0.717, 1.165) is 40.4 Å². The zero-order valence-corrected chi connectivity index (χ0v) is 16.4. The zero-order valence-electron chi connectivity index (χ0n) is 16.4. The monoisotopic (exact) mass is 386 g/mol. The summed E-state index contributed by atoms with van der Waals surface area (Å²) in [5.74, 6) is 0.548. The highest BCUT2D eigenvalue weighted by Crippen LogP contribution is 2.27. The number of ether oxygens (including phenoxy) is 1. The number of aryl methyl sites for hydroxylation is 1. The van der Waals surface area contributed by atoms with Crippen LogP contribution in [0.4, 0.5) is 11.5 Å². The lowest BCUT2D eigenvalue weighted by Crippen LogP contribution is -2.06. The molecule has 0 atom stereocenters. The van der Waals surface area contributed by atoms with Gasteiger partial charge in [-0.25, -0.2) is 9.78 Å². The van der Waals surface area contributed by atoms with Gasteiger partial charge in [-0.1, -0.05) is 37.3 Å². The summed E-state index contributed by atoms with van der Waals surface area (Å²) in [6.45, 7) is 4.24. The van der Waals surface area contributed by atoms with Crippen molar-refractivity contribution in [1.82, 2.24) is 14.6 Å². The maximum Gasteiger partial charge on any atom is 0.338 e. The second-order valence-corrected chi connectivity index (χ2v) is 6.56. The van der Waals surface area contributed by atoms with E-state index < -0.39 is 0 Å². The van der Waals surface area contributed by atoms with Gasteiger partial charge in [0, 0.05) is 23.5 Å². The highest BCUT2D eigenvalue weighted by atomic mass is 16.5. The number of nitrogens with zero attached hydrogens (tertiary/aromatic N) is 3. The van der Waals surface area contributed by atoms with Crippen LogP contribution in [-0.4, -0.2) is 27.2 Å². The zero-order chi connectivity index (χ0) is 20.2. The number of hydrogen-bond acceptors (Lipinski definition) is 5. The predicted molar refractivity (Wildman–Crippen MR) is 113 cm³/mol. The minimum absolute atomic E-state index is 0.310. The van der Waals surface area contributed by atoms with Crippen LogP contribution in [0.3, 0.4) is 0 Å². The maximum absolute atomic E-state index is 12.3. The molecule has 0 aliphatic rings. The van der Waals surface area contributed by atoms with Gasteiger partial charge in [-0.2, -0.15) is 9.61 Å². The van der Waals surface area contributed by atoms with Crippen molar-refractivity contribution in [3.8, 4) is 11.1 Å². The molecule has 0 saturated heterocycles. The molecule has 0 amide bonds. The van der Waals surface area contributed by atoms with Crippen LogP contribution < -0.4 is 5.32 Å². The minimum Gasteiger partial charge on any atom is -0.462 e. The molecule has 2 aromatic carbocycles. The summed E-state index contributed by atoms with van der Waals surface area (Å²) in [7, 11) is 0. The largest absolute Gasteiger partial charge is 0.462 e. The van der Waals surface area contributed by atoms with Gasteiger partial charge in [-0.3, -0.25) is 0 Å². The van der Waals surface area contributed by atoms with E-state index in [1.807, 2.05) is 54.6 Å². The molecule has 29 heavy (non-hydrogen) atoms. The smallest absolute Gasteiger partial charge is 0.338 e. The fraction of sp³-hybridized carbons (Fsp3) is 0.174. The predicted octanol–water partition coefficient (Wildman–Crippen LogP) is 4.88. The second kappa shape index (κ2) is 8.14. The lowest BCUT2D eigenvalue weighted by molar-refractivity contribution is 0.0527.